The van der Waals surface area contributed by atoms with Crippen LogP contribution in [0.5, 0.6) is 0 Å². The Morgan fingerprint density at radius 1 is 1.24 bits per heavy atom. The van der Waals surface area contributed by atoms with Crippen molar-refractivity contribution in [3.8, 4) is 0 Å². The summed E-state index contributed by atoms with van der Waals surface area (Å²) in [6, 6.07) is 7.67. The molecule has 1 heterocycles. The Morgan fingerprint density at radius 2 is 2.05 bits per heavy atom. The summed E-state index contributed by atoms with van der Waals surface area (Å²) in [5.74, 6) is 0. The van der Waals surface area contributed by atoms with Crippen LogP contribution < -0.4 is 5.32 Å². The summed E-state index contributed by atoms with van der Waals surface area (Å²) < 4.78 is 38.4. The van der Waals surface area contributed by atoms with Crippen LogP contribution in [0.1, 0.15) is 34.8 Å². The predicted molar refractivity (Wildman–Crippen MR) is 75.1 cm³/mol. The molecule has 0 radical (unpaired) electrons. The van der Waals surface area contributed by atoms with Gasteiger partial charge in [-0.2, -0.15) is 13.2 Å². The Morgan fingerprint density at radius 3 is 2.81 bits per heavy atom. The van der Waals surface area contributed by atoms with Gasteiger partial charge in [0.2, 0.25) is 0 Å². The van der Waals surface area contributed by atoms with E-state index in [0.717, 1.165) is 30.2 Å². The zero-order chi connectivity index (χ0) is 15.0. The molecule has 2 aromatic rings. The van der Waals surface area contributed by atoms with Crippen LogP contribution in [0.15, 0.2) is 36.5 Å². The molecule has 1 aromatic carbocycles. The van der Waals surface area contributed by atoms with E-state index in [1.165, 1.54) is 17.7 Å². The number of hydrogen-bond acceptors (Lipinski definition) is 2. The Balaban J connectivity index is 1.89. The number of hydrogen-bond donors (Lipinski definition) is 1. The highest BCUT2D eigenvalue weighted by atomic mass is 19.4. The van der Waals surface area contributed by atoms with Crippen LogP contribution >= 0.6 is 0 Å². The summed E-state index contributed by atoms with van der Waals surface area (Å²) >= 11 is 0. The van der Waals surface area contributed by atoms with Crippen LogP contribution in [0.3, 0.4) is 0 Å². The number of pyridine rings is 1. The van der Waals surface area contributed by atoms with E-state index >= 15 is 0 Å². The largest absolute Gasteiger partial charge is 0.416 e. The molecule has 0 saturated carbocycles. The highest BCUT2D eigenvalue weighted by molar-refractivity contribution is 5.55. The quantitative estimate of drug-likeness (QED) is 0.881. The summed E-state index contributed by atoms with van der Waals surface area (Å²) in [5.41, 5.74) is 2.80. The van der Waals surface area contributed by atoms with Gasteiger partial charge in [-0.05, 0) is 49.1 Å². The van der Waals surface area contributed by atoms with Gasteiger partial charge < -0.3 is 5.32 Å². The molecule has 0 amide bonds. The van der Waals surface area contributed by atoms with Crippen molar-refractivity contribution in [2.45, 2.75) is 32.0 Å². The van der Waals surface area contributed by atoms with E-state index in [9.17, 15) is 13.2 Å². The van der Waals surface area contributed by atoms with E-state index in [0.29, 0.717) is 5.69 Å². The number of alkyl halides is 3. The lowest BCUT2D eigenvalue weighted by molar-refractivity contribution is -0.137. The number of benzene rings is 1. The van der Waals surface area contributed by atoms with E-state index in [2.05, 4.69) is 10.3 Å². The van der Waals surface area contributed by atoms with Crippen LogP contribution in [0, 0.1) is 6.92 Å². The molecule has 21 heavy (non-hydrogen) atoms. The second-order valence-electron chi connectivity index (χ2n) is 5.31. The van der Waals surface area contributed by atoms with Crippen molar-refractivity contribution in [2.75, 3.05) is 5.32 Å². The van der Waals surface area contributed by atoms with Gasteiger partial charge >= 0.3 is 6.18 Å². The van der Waals surface area contributed by atoms with Gasteiger partial charge in [0, 0.05) is 11.9 Å². The van der Waals surface area contributed by atoms with Gasteiger partial charge in [0.1, 0.15) is 0 Å². The number of aryl methyl sites for hydroxylation is 2. The second kappa shape index (κ2) is 5.06. The number of anilines is 1. The predicted octanol–water partition coefficient (Wildman–Crippen LogP) is 4.51. The minimum Gasteiger partial charge on any atom is -0.376 e. The zero-order valence-electron chi connectivity index (χ0n) is 11.5. The molecule has 1 aliphatic carbocycles. The Labute approximate surface area is 121 Å². The van der Waals surface area contributed by atoms with Crippen molar-refractivity contribution >= 4 is 5.69 Å². The van der Waals surface area contributed by atoms with E-state index in [4.69, 9.17) is 0 Å². The summed E-state index contributed by atoms with van der Waals surface area (Å²) in [6.07, 6.45) is -0.853. The maximum atomic E-state index is 12.8. The fourth-order valence-corrected chi connectivity index (χ4v) is 2.69. The average molecular weight is 292 g/mol. The van der Waals surface area contributed by atoms with Crippen molar-refractivity contribution in [2.24, 2.45) is 0 Å². The lowest BCUT2D eigenvalue weighted by Crippen LogP contribution is -2.11. The molecule has 1 aromatic heterocycles. The third kappa shape index (κ3) is 2.73. The number of nitrogens with one attached hydrogen (secondary N) is 1. The van der Waals surface area contributed by atoms with Gasteiger partial charge in [-0.3, -0.25) is 4.98 Å². The van der Waals surface area contributed by atoms with Crippen LogP contribution in [0.25, 0.3) is 0 Å². The Kier molecular flexibility index (Phi) is 3.35. The lowest BCUT2D eigenvalue weighted by Gasteiger charge is -2.18. The van der Waals surface area contributed by atoms with Crippen LogP contribution in [-0.2, 0) is 12.6 Å². The van der Waals surface area contributed by atoms with E-state index in [1.807, 2.05) is 12.1 Å². The Bertz CT molecular complexity index is 665. The summed E-state index contributed by atoms with van der Waals surface area (Å²) in [7, 11) is 0. The molecule has 110 valence electrons. The molecule has 1 aliphatic rings. The highest BCUT2D eigenvalue weighted by Crippen LogP contribution is 2.36. The minimum absolute atomic E-state index is 0.0246. The van der Waals surface area contributed by atoms with Crippen LogP contribution in [0.4, 0.5) is 18.9 Å². The van der Waals surface area contributed by atoms with Gasteiger partial charge in [0.25, 0.3) is 0 Å². The lowest BCUT2D eigenvalue weighted by atomic mass is 10.1. The molecule has 0 aliphatic heterocycles. The number of aromatic nitrogens is 1. The number of nitrogens with zero attached hydrogens (tertiary/aromatic N) is 1. The molecule has 0 spiro atoms. The summed E-state index contributed by atoms with van der Waals surface area (Å²) in [6.45, 7) is 1.80. The van der Waals surface area contributed by atoms with Crippen LogP contribution in [0.2, 0.25) is 0 Å². The van der Waals surface area contributed by atoms with Gasteiger partial charge in [0.15, 0.2) is 0 Å². The Hall–Kier alpha value is -2.04. The zero-order valence-corrected chi connectivity index (χ0v) is 11.5. The molecule has 1 atom stereocenters. The molecule has 0 saturated heterocycles. The normalized spacial score (nSPS) is 17.6. The first-order chi connectivity index (χ1) is 9.95. The van der Waals surface area contributed by atoms with Gasteiger partial charge in [-0.25, -0.2) is 0 Å². The highest BCUT2D eigenvalue weighted by Gasteiger charge is 2.31. The third-order valence-corrected chi connectivity index (χ3v) is 3.85. The maximum absolute atomic E-state index is 12.8. The van der Waals surface area contributed by atoms with E-state index in [1.54, 1.807) is 13.1 Å². The molecular weight excluding hydrogens is 277 g/mol. The maximum Gasteiger partial charge on any atom is 0.416 e. The molecule has 2 nitrogen and oxygen atoms in total. The fourth-order valence-electron chi connectivity index (χ4n) is 2.69. The number of rotatable bonds is 2. The molecule has 0 bridgehead atoms. The minimum atomic E-state index is -4.32. The molecule has 1 N–H and O–H groups in total. The smallest absolute Gasteiger partial charge is 0.376 e. The van der Waals surface area contributed by atoms with Crippen molar-refractivity contribution in [1.29, 1.82) is 0 Å². The monoisotopic (exact) mass is 292 g/mol. The topological polar surface area (TPSA) is 24.9 Å². The van der Waals surface area contributed by atoms with Gasteiger partial charge in [-0.15, -0.1) is 0 Å². The van der Waals surface area contributed by atoms with Crippen molar-refractivity contribution < 1.29 is 13.2 Å². The molecule has 1 unspecified atom stereocenters. The molecule has 5 heteroatoms. The third-order valence-electron chi connectivity index (χ3n) is 3.85. The first-order valence-corrected chi connectivity index (χ1v) is 6.83. The van der Waals surface area contributed by atoms with Crippen molar-refractivity contribution in [3.63, 3.8) is 0 Å². The average Bonchev–Trinajstić information content (AvgIpc) is 2.83. The number of fused-ring (bicyclic) bond motifs is 1. The molecule has 0 fully saturated rings. The van der Waals surface area contributed by atoms with Gasteiger partial charge in [0.05, 0.1) is 17.3 Å². The number of halogens is 3. The summed E-state index contributed by atoms with van der Waals surface area (Å²) in [5, 5.41) is 3.22. The van der Waals surface area contributed by atoms with Crippen molar-refractivity contribution in [3.05, 3.63) is 58.9 Å². The standard InChI is InChI=1S/C16H15F3N2/c1-10-4-6-12(16(17,18)19)9-14(10)21-13-7-5-11-3-2-8-20-15(11)13/h2-4,6,8-9,13,21H,5,7H2,1H3. The summed E-state index contributed by atoms with van der Waals surface area (Å²) in [4.78, 5) is 4.35. The van der Waals surface area contributed by atoms with Gasteiger partial charge in [-0.1, -0.05) is 12.1 Å². The van der Waals surface area contributed by atoms with Crippen LogP contribution in [-0.4, -0.2) is 4.98 Å². The fraction of sp³-hybridized carbons (Fsp3) is 0.312. The molecular formula is C16H15F3N2. The SMILES string of the molecule is Cc1ccc(C(F)(F)F)cc1NC1CCc2cccnc21. The first-order valence-electron chi connectivity index (χ1n) is 6.83. The molecule has 3 rings (SSSR count). The van der Waals surface area contributed by atoms with E-state index in [-0.39, 0.29) is 6.04 Å². The van der Waals surface area contributed by atoms with Crippen molar-refractivity contribution in [1.82, 2.24) is 4.98 Å². The van der Waals surface area contributed by atoms with E-state index < -0.39 is 11.7 Å². The second-order valence-corrected chi connectivity index (χ2v) is 5.31. The first kappa shape index (κ1) is 13.9.